The number of amides is 1. The zero-order valence-corrected chi connectivity index (χ0v) is 9.50. The number of carbonyl (C=O) groups is 1. The average Bonchev–Trinajstić information content (AvgIpc) is 2.69. The van der Waals surface area contributed by atoms with Crippen molar-refractivity contribution in [3.05, 3.63) is 53.9 Å². The van der Waals surface area contributed by atoms with Gasteiger partial charge in [0.1, 0.15) is 0 Å². The number of aryl methyl sites for hydroxylation is 1. The van der Waals surface area contributed by atoms with Crippen molar-refractivity contribution in [2.24, 2.45) is 5.73 Å². The van der Waals surface area contributed by atoms with Gasteiger partial charge in [-0.2, -0.15) is 5.10 Å². The number of carbonyl (C=O) groups excluding carboxylic acids is 1. The zero-order valence-electron chi connectivity index (χ0n) is 9.50. The van der Waals surface area contributed by atoms with Crippen LogP contribution in [0.1, 0.15) is 11.3 Å². The smallest absolute Gasteiger partial charge is 0.241 e. The van der Waals surface area contributed by atoms with Crippen molar-refractivity contribution in [3.63, 3.8) is 0 Å². The predicted octanol–water partition coefficient (Wildman–Crippen LogP) is 1.68. The Bertz CT molecular complexity index is 555. The summed E-state index contributed by atoms with van der Waals surface area (Å²) in [6.45, 7) is 1.89. The normalized spacial score (nSPS) is 10.9. The molecule has 1 aromatic heterocycles. The molecule has 0 aliphatic heterocycles. The Labute approximate surface area is 99.4 Å². The molecule has 0 atom stereocenters. The number of aromatic nitrogens is 2. The highest BCUT2D eigenvalue weighted by molar-refractivity contribution is 5.90. The first-order chi connectivity index (χ1) is 8.16. The van der Waals surface area contributed by atoms with E-state index in [1.807, 2.05) is 43.5 Å². The number of nitrogens with two attached hydrogens (primary N) is 1. The number of hydrogen-bond donors (Lipinski definition) is 1. The third-order valence-electron chi connectivity index (χ3n) is 2.38. The van der Waals surface area contributed by atoms with Crippen LogP contribution in [0.15, 0.2) is 42.6 Å². The molecule has 2 rings (SSSR count). The highest BCUT2D eigenvalue weighted by Crippen LogP contribution is 2.12. The van der Waals surface area contributed by atoms with Crippen molar-refractivity contribution < 1.29 is 4.79 Å². The van der Waals surface area contributed by atoms with Gasteiger partial charge in [0.2, 0.25) is 5.91 Å². The number of rotatable bonds is 3. The molecule has 86 valence electrons. The Kier molecular flexibility index (Phi) is 3.05. The Balaban J connectivity index is 2.34. The van der Waals surface area contributed by atoms with Gasteiger partial charge in [0.25, 0.3) is 0 Å². The molecule has 4 nitrogen and oxygen atoms in total. The van der Waals surface area contributed by atoms with Crippen LogP contribution in [0.5, 0.6) is 0 Å². The van der Waals surface area contributed by atoms with Crippen LogP contribution >= 0.6 is 0 Å². The molecule has 1 amide bonds. The van der Waals surface area contributed by atoms with Crippen molar-refractivity contribution in [1.29, 1.82) is 0 Å². The predicted molar refractivity (Wildman–Crippen MR) is 66.5 cm³/mol. The zero-order chi connectivity index (χ0) is 12.3. The fourth-order valence-corrected chi connectivity index (χ4v) is 1.52. The molecule has 0 fully saturated rings. The molecule has 1 heterocycles. The van der Waals surface area contributed by atoms with E-state index in [0.29, 0.717) is 0 Å². The average molecular weight is 227 g/mol. The maximum atomic E-state index is 10.7. The molecule has 0 aliphatic rings. The van der Waals surface area contributed by atoms with Crippen molar-refractivity contribution in [3.8, 4) is 5.69 Å². The molecule has 0 bridgehead atoms. The Morgan fingerprint density at radius 2 is 2.06 bits per heavy atom. The first-order valence-electron chi connectivity index (χ1n) is 5.26. The van der Waals surface area contributed by atoms with Crippen molar-refractivity contribution in [1.82, 2.24) is 9.78 Å². The summed E-state index contributed by atoms with van der Waals surface area (Å²) in [7, 11) is 0. The van der Waals surface area contributed by atoms with E-state index in [1.165, 1.54) is 6.08 Å². The van der Waals surface area contributed by atoms with E-state index in [0.717, 1.165) is 16.9 Å². The van der Waals surface area contributed by atoms with Crippen LogP contribution in [0, 0.1) is 6.92 Å². The summed E-state index contributed by atoms with van der Waals surface area (Å²) in [4.78, 5) is 10.7. The van der Waals surface area contributed by atoms with Crippen LogP contribution in [0.3, 0.4) is 0 Å². The molecule has 0 radical (unpaired) electrons. The van der Waals surface area contributed by atoms with Gasteiger partial charge < -0.3 is 5.73 Å². The van der Waals surface area contributed by atoms with E-state index in [2.05, 4.69) is 5.10 Å². The quantitative estimate of drug-likeness (QED) is 0.811. The first kappa shape index (κ1) is 11.1. The standard InChI is InChI=1S/C13H13N3O/c1-10-11(7-8-13(14)17)9-16(15-10)12-5-3-2-4-6-12/h2-9H,1H3,(H2,14,17). The fourth-order valence-electron chi connectivity index (χ4n) is 1.52. The Morgan fingerprint density at radius 1 is 1.35 bits per heavy atom. The summed E-state index contributed by atoms with van der Waals surface area (Å²) in [5, 5.41) is 4.37. The minimum atomic E-state index is -0.461. The molecule has 2 aromatic rings. The topological polar surface area (TPSA) is 60.9 Å². The number of primary amides is 1. The molecule has 0 saturated heterocycles. The summed E-state index contributed by atoms with van der Waals surface area (Å²) in [5.74, 6) is -0.461. The third kappa shape index (κ3) is 2.60. The second kappa shape index (κ2) is 4.65. The van der Waals surface area contributed by atoms with Crippen LogP contribution in [-0.4, -0.2) is 15.7 Å². The van der Waals surface area contributed by atoms with Gasteiger partial charge in [-0.05, 0) is 25.1 Å². The van der Waals surface area contributed by atoms with E-state index < -0.39 is 5.91 Å². The SMILES string of the molecule is Cc1nn(-c2ccccc2)cc1C=CC(N)=O. The molecule has 0 spiro atoms. The summed E-state index contributed by atoms with van der Waals surface area (Å²) in [5.41, 5.74) is 7.77. The molecule has 1 aromatic carbocycles. The van der Waals surface area contributed by atoms with E-state index in [1.54, 1.807) is 10.8 Å². The van der Waals surface area contributed by atoms with Crippen molar-refractivity contribution in [2.75, 3.05) is 0 Å². The van der Waals surface area contributed by atoms with E-state index >= 15 is 0 Å². The highest BCUT2D eigenvalue weighted by Gasteiger charge is 2.03. The molecular formula is C13H13N3O. The summed E-state index contributed by atoms with van der Waals surface area (Å²) < 4.78 is 1.77. The van der Waals surface area contributed by atoms with Gasteiger partial charge in [-0.25, -0.2) is 4.68 Å². The summed E-state index contributed by atoms with van der Waals surface area (Å²) in [6, 6.07) is 9.78. The minimum Gasteiger partial charge on any atom is -0.366 e. The van der Waals surface area contributed by atoms with Crippen molar-refractivity contribution in [2.45, 2.75) is 6.92 Å². The lowest BCUT2D eigenvalue weighted by Crippen LogP contribution is -2.05. The Morgan fingerprint density at radius 3 is 2.71 bits per heavy atom. The second-order valence-corrected chi connectivity index (χ2v) is 3.69. The number of benzene rings is 1. The molecule has 4 heteroatoms. The lowest BCUT2D eigenvalue weighted by Gasteiger charge is -1.98. The Hall–Kier alpha value is -2.36. The summed E-state index contributed by atoms with van der Waals surface area (Å²) in [6.07, 6.45) is 4.87. The highest BCUT2D eigenvalue weighted by atomic mass is 16.1. The van der Waals surface area contributed by atoms with Crippen molar-refractivity contribution >= 4 is 12.0 Å². The fraction of sp³-hybridized carbons (Fsp3) is 0.0769. The van der Waals surface area contributed by atoms with Gasteiger partial charge in [-0.3, -0.25) is 4.79 Å². The molecule has 0 aliphatic carbocycles. The van der Waals surface area contributed by atoms with Gasteiger partial charge >= 0.3 is 0 Å². The lowest BCUT2D eigenvalue weighted by molar-refractivity contribution is -0.113. The van der Waals surface area contributed by atoms with E-state index in [4.69, 9.17) is 5.73 Å². The number of hydrogen-bond acceptors (Lipinski definition) is 2. The second-order valence-electron chi connectivity index (χ2n) is 3.69. The minimum absolute atomic E-state index is 0.461. The number of para-hydroxylation sites is 1. The lowest BCUT2D eigenvalue weighted by atomic mass is 10.2. The summed E-state index contributed by atoms with van der Waals surface area (Å²) >= 11 is 0. The molecule has 2 N–H and O–H groups in total. The van der Waals surface area contributed by atoms with E-state index in [-0.39, 0.29) is 0 Å². The molecular weight excluding hydrogens is 214 g/mol. The maximum Gasteiger partial charge on any atom is 0.241 e. The molecule has 17 heavy (non-hydrogen) atoms. The third-order valence-corrected chi connectivity index (χ3v) is 2.38. The van der Waals surface area contributed by atoms with Gasteiger partial charge in [-0.1, -0.05) is 18.2 Å². The monoisotopic (exact) mass is 227 g/mol. The van der Waals surface area contributed by atoms with Gasteiger partial charge in [-0.15, -0.1) is 0 Å². The molecule has 0 saturated carbocycles. The largest absolute Gasteiger partial charge is 0.366 e. The van der Waals surface area contributed by atoms with E-state index in [9.17, 15) is 4.79 Å². The van der Waals surface area contributed by atoms with Gasteiger partial charge in [0, 0.05) is 17.8 Å². The maximum absolute atomic E-state index is 10.7. The van der Waals surface area contributed by atoms with Gasteiger partial charge in [0.15, 0.2) is 0 Å². The van der Waals surface area contributed by atoms with Crippen LogP contribution < -0.4 is 5.73 Å². The first-order valence-corrected chi connectivity index (χ1v) is 5.26. The van der Waals surface area contributed by atoms with Crippen LogP contribution in [0.2, 0.25) is 0 Å². The van der Waals surface area contributed by atoms with Crippen LogP contribution in [0.4, 0.5) is 0 Å². The van der Waals surface area contributed by atoms with Crippen LogP contribution in [-0.2, 0) is 4.79 Å². The molecule has 0 unspecified atom stereocenters. The van der Waals surface area contributed by atoms with Crippen LogP contribution in [0.25, 0.3) is 11.8 Å². The van der Waals surface area contributed by atoms with Gasteiger partial charge in [0.05, 0.1) is 11.4 Å². The number of nitrogens with zero attached hydrogens (tertiary/aromatic N) is 2.